The molecule has 2 heterocycles. The zero-order chi connectivity index (χ0) is 20.9. The molecule has 4 rings (SSSR count). The van der Waals surface area contributed by atoms with E-state index in [9.17, 15) is 9.18 Å². The molecule has 150 valence electrons. The van der Waals surface area contributed by atoms with Crippen LogP contribution in [0.2, 0.25) is 0 Å². The van der Waals surface area contributed by atoms with E-state index in [1.165, 1.54) is 23.9 Å². The summed E-state index contributed by atoms with van der Waals surface area (Å²) in [5.41, 5.74) is 2.93. The first-order chi connectivity index (χ1) is 14.6. The van der Waals surface area contributed by atoms with Gasteiger partial charge < -0.3 is 5.32 Å². The molecule has 1 amide bonds. The van der Waals surface area contributed by atoms with Gasteiger partial charge >= 0.3 is 0 Å². The van der Waals surface area contributed by atoms with E-state index in [1.807, 2.05) is 31.2 Å². The molecule has 6 nitrogen and oxygen atoms in total. The first-order valence-electron chi connectivity index (χ1n) is 9.28. The summed E-state index contributed by atoms with van der Waals surface area (Å²) in [4.78, 5) is 30.3. The summed E-state index contributed by atoms with van der Waals surface area (Å²) in [7, 11) is 0. The molecule has 1 atom stereocenters. The summed E-state index contributed by atoms with van der Waals surface area (Å²) in [6.45, 7) is 1.88. The highest BCUT2D eigenvalue weighted by Gasteiger charge is 2.26. The van der Waals surface area contributed by atoms with Crippen LogP contribution in [0.1, 0.15) is 18.4 Å². The number of aromatic nitrogens is 2. The van der Waals surface area contributed by atoms with E-state index in [4.69, 9.17) is 9.98 Å². The van der Waals surface area contributed by atoms with Gasteiger partial charge in [0, 0.05) is 18.1 Å². The Labute approximate surface area is 177 Å². The fourth-order valence-electron chi connectivity index (χ4n) is 3.12. The summed E-state index contributed by atoms with van der Waals surface area (Å²) < 4.78 is 13.5. The predicted molar refractivity (Wildman–Crippen MR) is 116 cm³/mol. The van der Waals surface area contributed by atoms with Gasteiger partial charge in [0.1, 0.15) is 11.7 Å². The second kappa shape index (κ2) is 8.96. The molecule has 1 aromatic heterocycles. The molecule has 1 N–H and O–H groups in total. The Morgan fingerprint density at radius 1 is 1.00 bits per heavy atom. The van der Waals surface area contributed by atoms with Crippen LogP contribution in [0.5, 0.6) is 0 Å². The van der Waals surface area contributed by atoms with Crippen molar-refractivity contribution in [2.24, 2.45) is 9.98 Å². The molecule has 0 aliphatic carbocycles. The van der Waals surface area contributed by atoms with Crippen LogP contribution < -0.4 is 5.32 Å². The number of hydrogen-bond donors (Lipinski definition) is 1. The Kier molecular flexibility index (Phi) is 5.94. The average Bonchev–Trinajstić information content (AvgIpc) is 2.89. The number of carbonyl (C=O) groups excluding carboxylic acids is 1. The number of nitrogens with one attached hydrogen (secondary N) is 1. The minimum absolute atomic E-state index is 0.136. The molecule has 0 unspecified atom stereocenters. The van der Waals surface area contributed by atoms with Gasteiger partial charge in [0.15, 0.2) is 5.16 Å². The lowest BCUT2D eigenvalue weighted by molar-refractivity contribution is -0.117. The normalized spacial score (nSPS) is 15.5. The van der Waals surface area contributed by atoms with Gasteiger partial charge in [0.05, 0.1) is 23.0 Å². The number of aliphatic imine (C=N–C) groups is 2. The maximum Gasteiger partial charge on any atom is 0.235 e. The molecular formula is C22H18FN5OS. The molecular weight excluding hydrogens is 401 g/mol. The zero-order valence-corrected chi connectivity index (χ0v) is 16.9. The maximum atomic E-state index is 13.5. The van der Waals surface area contributed by atoms with Crippen molar-refractivity contribution >= 4 is 40.6 Å². The molecule has 8 heteroatoms. The van der Waals surface area contributed by atoms with Gasteiger partial charge in [-0.15, -0.1) is 0 Å². The molecule has 0 fully saturated rings. The highest BCUT2D eigenvalue weighted by Crippen LogP contribution is 2.34. The zero-order valence-electron chi connectivity index (χ0n) is 16.1. The number of amidine groups is 1. The third kappa shape index (κ3) is 4.60. The van der Waals surface area contributed by atoms with Gasteiger partial charge in [-0.1, -0.05) is 36.0 Å². The third-order valence-corrected chi connectivity index (χ3v) is 5.33. The Balaban J connectivity index is 1.64. The standard InChI is InChI=1S/C22H18FN5OS/c1-14-20(15-7-9-16(23)10-8-15)21(27-18-6-3-2-5-17(18)26-14)28-19(29)13-30-22-24-11-4-12-25-22/h2-12,20H,13H2,1H3,(H,27,28,29)/t20-/m1/s1. The molecule has 0 saturated carbocycles. The van der Waals surface area contributed by atoms with E-state index in [1.54, 1.807) is 30.6 Å². The van der Waals surface area contributed by atoms with Crippen molar-refractivity contribution in [1.29, 1.82) is 0 Å². The van der Waals surface area contributed by atoms with E-state index in [-0.39, 0.29) is 17.5 Å². The van der Waals surface area contributed by atoms with Crippen LogP contribution >= 0.6 is 11.8 Å². The summed E-state index contributed by atoms with van der Waals surface area (Å²) in [6.07, 6.45) is 3.26. The van der Waals surface area contributed by atoms with Crippen molar-refractivity contribution in [2.45, 2.75) is 18.0 Å². The van der Waals surface area contributed by atoms with E-state index >= 15 is 0 Å². The van der Waals surface area contributed by atoms with E-state index in [2.05, 4.69) is 15.3 Å². The fourth-order valence-corrected chi connectivity index (χ4v) is 3.73. The Hall–Kier alpha value is -3.39. The van der Waals surface area contributed by atoms with Crippen LogP contribution in [0, 0.1) is 5.82 Å². The second-order valence-corrected chi connectivity index (χ2v) is 7.53. The summed E-state index contributed by atoms with van der Waals surface area (Å²) >= 11 is 1.24. The highest BCUT2D eigenvalue weighted by molar-refractivity contribution is 7.99. The number of thioether (sulfide) groups is 1. The molecule has 1 aliphatic rings. The number of rotatable bonds is 4. The van der Waals surface area contributed by atoms with Gasteiger partial charge in [0.2, 0.25) is 5.91 Å². The highest BCUT2D eigenvalue weighted by atomic mass is 32.2. The van der Waals surface area contributed by atoms with Gasteiger partial charge in [-0.3, -0.25) is 9.79 Å². The first kappa shape index (κ1) is 19.9. The lowest BCUT2D eigenvalue weighted by Crippen LogP contribution is -2.38. The van der Waals surface area contributed by atoms with Crippen molar-refractivity contribution in [3.05, 3.63) is 78.4 Å². The van der Waals surface area contributed by atoms with Gasteiger partial charge in [-0.05, 0) is 42.8 Å². The number of carbonyl (C=O) groups is 1. The van der Waals surface area contributed by atoms with Crippen LogP contribution in [0.15, 0.2) is 82.1 Å². The monoisotopic (exact) mass is 419 g/mol. The first-order valence-corrected chi connectivity index (χ1v) is 10.3. The molecule has 30 heavy (non-hydrogen) atoms. The van der Waals surface area contributed by atoms with Crippen LogP contribution in [0.25, 0.3) is 0 Å². The molecule has 0 saturated heterocycles. The van der Waals surface area contributed by atoms with Crippen LogP contribution in [-0.4, -0.2) is 33.2 Å². The number of halogens is 1. The second-order valence-electron chi connectivity index (χ2n) is 6.59. The van der Waals surface area contributed by atoms with Crippen molar-refractivity contribution in [3.8, 4) is 0 Å². The molecule has 1 aliphatic heterocycles. The fraction of sp³-hybridized carbons (Fsp3) is 0.136. The average molecular weight is 419 g/mol. The molecule has 0 bridgehead atoms. The van der Waals surface area contributed by atoms with Crippen LogP contribution in [0.3, 0.4) is 0 Å². The Morgan fingerprint density at radius 3 is 2.37 bits per heavy atom. The van der Waals surface area contributed by atoms with Gasteiger partial charge in [0.25, 0.3) is 0 Å². The molecule has 3 aromatic rings. The predicted octanol–water partition coefficient (Wildman–Crippen LogP) is 4.44. The largest absolute Gasteiger partial charge is 0.313 e. The summed E-state index contributed by atoms with van der Waals surface area (Å²) in [5.74, 6) is -0.373. The Bertz CT molecular complexity index is 1120. The minimum atomic E-state index is -0.403. The number of para-hydroxylation sites is 2. The van der Waals surface area contributed by atoms with E-state index in [0.717, 1.165) is 17.0 Å². The van der Waals surface area contributed by atoms with Gasteiger partial charge in [-0.2, -0.15) is 0 Å². The van der Waals surface area contributed by atoms with Crippen molar-refractivity contribution < 1.29 is 9.18 Å². The Morgan fingerprint density at radius 2 is 1.67 bits per heavy atom. The SMILES string of the molecule is CC1=Nc2ccccc2N=C(NC(=O)CSc2ncccn2)[C@H]1c1ccc(F)cc1. The minimum Gasteiger partial charge on any atom is -0.313 e. The molecule has 0 radical (unpaired) electrons. The third-order valence-electron chi connectivity index (χ3n) is 4.46. The van der Waals surface area contributed by atoms with Crippen LogP contribution in [0.4, 0.5) is 15.8 Å². The van der Waals surface area contributed by atoms with E-state index < -0.39 is 5.92 Å². The smallest absolute Gasteiger partial charge is 0.235 e. The quantitative estimate of drug-likeness (QED) is 0.501. The van der Waals surface area contributed by atoms with Crippen molar-refractivity contribution in [3.63, 3.8) is 0 Å². The topological polar surface area (TPSA) is 79.6 Å². The number of fused-ring (bicyclic) bond motifs is 1. The van der Waals surface area contributed by atoms with Crippen molar-refractivity contribution in [2.75, 3.05) is 5.75 Å². The maximum absolute atomic E-state index is 13.5. The van der Waals surface area contributed by atoms with Crippen LogP contribution in [-0.2, 0) is 4.79 Å². The lowest BCUT2D eigenvalue weighted by atomic mass is 9.93. The summed E-state index contributed by atoms with van der Waals surface area (Å²) in [5, 5.41) is 3.45. The van der Waals surface area contributed by atoms with Gasteiger partial charge in [-0.25, -0.2) is 19.4 Å². The summed E-state index contributed by atoms with van der Waals surface area (Å²) in [6, 6.07) is 15.3. The van der Waals surface area contributed by atoms with Crippen molar-refractivity contribution in [1.82, 2.24) is 15.3 Å². The molecule has 0 spiro atoms. The lowest BCUT2D eigenvalue weighted by Gasteiger charge is -2.19. The number of nitrogens with zero attached hydrogens (tertiary/aromatic N) is 4. The number of amides is 1. The number of hydrogen-bond acceptors (Lipinski definition) is 6. The van der Waals surface area contributed by atoms with E-state index in [0.29, 0.717) is 16.7 Å². The number of benzene rings is 2. The molecule has 2 aromatic carbocycles.